The minimum absolute atomic E-state index is 0.0630. The van der Waals surface area contributed by atoms with E-state index in [1.54, 1.807) is 11.4 Å². The lowest BCUT2D eigenvalue weighted by molar-refractivity contribution is -0.120. The molecule has 3 N–H and O–H groups in total. The largest absolute Gasteiger partial charge is 0.369 e. The van der Waals surface area contributed by atoms with E-state index in [9.17, 15) is 14.0 Å². The van der Waals surface area contributed by atoms with Gasteiger partial charge in [-0.15, -0.1) is 11.3 Å². The number of thiazole rings is 2. The maximum absolute atomic E-state index is 13.9. The maximum Gasteiger partial charge on any atom is 0.229 e. The zero-order chi connectivity index (χ0) is 19.7. The smallest absolute Gasteiger partial charge is 0.229 e. The fraction of sp³-hybridized carbons (Fsp3) is 0.333. The summed E-state index contributed by atoms with van der Waals surface area (Å²) in [4.78, 5) is 34.2. The second-order valence-corrected chi connectivity index (χ2v) is 8.49. The maximum atomic E-state index is 13.9. The first-order valence-electron chi connectivity index (χ1n) is 8.83. The average molecular weight is 420 g/mol. The van der Waals surface area contributed by atoms with Crippen molar-refractivity contribution >= 4 is 55.0 Å². The van der Waals surface area contributed by atoms with Crippen LogP contribution in [0.25, 0.3) is 10.2 Å². The van der Waals surface area contributed by atoms with Crippen molar-refractivity contribution in [3.05, 3.63) is 35.1 Å². The van der Waals surface area contributed by atoms with Crippen molar-refractivity contribution in [3.63, 3.8) is 0 Å². The summed E-state index contributed by atoms with van der Waals surface area (Å²) in [5, 5.41) is 5.81. The fourth-order valence-electron chi connectivity index (χ4n) is 3.20. The third kappa shape index (κ3) is 3.97. The highest BCUT2D eigenvalue weighted by Gasteiger charge is 2.27. The molecule has 0 unspecified atom stereocenters. The molecule has 28 heavy (non-hydrogen) atoms. The number of carbonyl (C=O) groups excluding carboxylic acids is 2. The van der Waals surface area contributed by atoms with Gasteiger partial charge in [0.1, 0.15) is 11.3 Å². The first-order valence-corrected chi connectivity index (χ1v) is 10.5. The van der Waals surface area contributed by atoms with Crippen LogP contribution in [0.2, 0.25) is 0 Å². The molecule has 1 fully saturated rings. The number of nitrogens with zero attached hydrogens (tertiary/aromatic N) is 3. The number of nitrogens with two attached hydrogens (primary N) is 1. The Morgan fingerprint density at radius 1 is 1.29 bits per heavy atom. The minimum atomic E-state index is -0.453. The quantitative estimate of drug-likeness (QED) is 0.662. The number of halogens is 1. The van der Waals surface area contributed by atoms with Crippen LogP contribution in [0.5, 0.6) is 0 Å². The molecule has 1 aliphatic heterocycles. The van der Waals surface area contributed by atoms with Crippen LogP contribution in [0.4, 0.5) is 14.7 Å². The number of hydrogen-bond donors (Lipinski definition) is 2. The lowest BCUT2D eigenvalue weighted by Crippen LogP contribution is -2.38. The normalized spacial score (nSPS) is 15.1. The third-order valence-corrected chi connectivity index (χ3v) is 6.52. The fourth-order valence-corrected chi connectivity index (χ4v) is 4.95. The summed E-state index contributed by atoms with van der Waals surface area (Å²) in [6.07, 6.45) is 1.43. The lowest BCUT2D eigenvalue weighted by Gasteiger charge is -2.30. The molecule has 2 aromatic heterocycles. The van der Waals surface area contributed by atoms with E-state index in [0.717, 1.165) is 9.83 Å². The van der Waals surface area contributed by atoms with Crippen molar-refractivity contribution in [1.82, 2.24) is 9.97 Å². The molecule has 3 aromatic rings. The number of rotatable bonds is 5. The number of benzene rings is 1. The van der Waals surface area contributed by atoms with Gasteiger partial charge in [0, 0.05) is 24.4 Å². The molecule has 1 saturated heterocycles. The molecule has 4 rings (SSSR count). The van der Waals surface area contributed by atoms with Crippen LogP contribution in [0, 0.1) is 11.7 Å². The molecule has 146 valence electrons. The topological polar surface area (TPSA) is 101 Å². The van der Waals surface area contributed by atoms with E-state index in [1.165, 1.54) is 28.7 Å². The van der Waals surface area contributed by atoms with Crippen molar-refractivity contribution in [2.45, 2.75) is 19.3 Å². The SMILES string of the molecule is NC(=O)Cc1csc(NC(=O)C2CCN(c3nc4c(F)cccc4s3)CC2)n1. The van der Waals surface area contributed by atoms with E-state index < -0.39 is 5.91 Å². The van der Waals surface area contributed by atoms with Gasteiger partial charge in [0.05, 0.1) is 16.8 Å². The molecule has 7 nitrogen and oxygen atoms in total. The van der Waals surface area contributed by atoms with Crippen LogP contribution in [0.15, 0.2) is 23.6 Å². The van der Waals surface area contributed by atoms with Gasteiger partial charge in [-0.3, -0.25) is 9.59 Å². The summed E-state index contributed by atoms with van der Waals surface area (Å²) in [6, 6.07) is 4.96. The van der Waals surface area contributed by atoms with Gasteiger partial charge >= 0.3 is 0 Å². The number of aromatic nitrogens is 2. The number of primary amides is 1. The van der Waals surface area contributed by atoms with Crippen molar-refractivity contribution in [3.8, 4) is 0 Å². The Morgan fingerprint density at radius 3 is 2.79 bits per heavy atom. The van der Waals surface area contributed by atoms with Crippen LogP contribution in [-0.4, -0.2) is 34.9 Å². The van der Waals surface area contributed by atoms with E-state index in [0.29, 0.717) is 42.3 Å². The summed E-state index contributed by atoms with van der Waals surface area (Å²) in [7, 11) is 0. The monoisotopic (exact) mass is 419 g/mol. The second kappa shape index (κ2) is 7.80. The summed E-state index contributed by atoms with van der Waals surface area (Å²) >= 11 is 2.75. The van der Waals surface area contributed by atoms with E-state index in [1.807, 2.05) is 6.07 Å². The van der Waals surface area contributed by atoms with E-state index >= 15 is 0 Å². The molecular weight excluding hydrogens is 401 g/mol. The van der Waals surface area contributed by atoms with Crippen molar-refractivity contribution in [1.29, 1.82) is 0 Å². The van der Waals surface area contributed by atoms with Crippen molar-refractivity contribution in [2.75, 3.05) is 23.3 Å². The molecule has 1 aromatic carbocycles. The standard InChI is InChI=1S/C18H18FN5O2S2/c19-12-2-1-3-13-15(12)22-18(28-13)24-6-4-10(5-7-24)16(26)23-17-21-11(9-27-17)8-14(20)25/h1-3,9-10H,4-8H2,(H2,20,25)(H,21,23,26). The Hall–Kier alpha value is -2.59. The van der Waals surface area contributed by atoms with Gasteiger partial charge < -0.3 is 16.0 Å². The number of para-hydroxylation sites is 1. The summed E-state index contributed by atoms with van der Waals surface area (Å²) in [5.41, 5.74) is 6.12. The molecule has 1 aliphatic rings. The van der Waals surface area contributed by atoms with Gasteiger partial charge in [-0.2, -0.15) is 0 Å². The van der Waals surface area contributed by atoms with Crippen LogP contribution >= 0.6 is 22.7 Å². The first-order chi connectivity index (χ1) is 13.5. The van der Waals surface area contributed by atoms with E-state index in [4.69, 9.17) is 5.73 Å². The Labute approximate surface area is 168 Å². The number of anilines is 2. The molecule has 0 saturated carbocycles. The van der Waals surface area contributed by atoms with Gasteiger partial charge in [-0.1, -0.05) is 17.4 Å². The van der Waals surface area contributed by atoms with Crippen molar-refractivity contribution < 1.29 is 14.0 Å². The number of amides is 2. The minimum Gasteiger partial charge on any atom is -0.369 e. The second-order valence-electron chi connectivity index (χ2n) is 6.62. The van der Waals surface area contributed by atoms with Crippen LogP contribution in [0.1, 0.15) is 18.5 Å². The highest BCUT2D eigenvalue weighted by Crippen LogP contribution is 2.32. The van der Waals surface area contributed by atoms with Crippen molar-refractivity contribution in [2.24, 2.45) is 11.7 Å². The van der Waals surface area contributed by atoms with Crippen LogP contribution in [0.3, 0.4) is 0 Å². The molecular formula is C18H18FN5O2S2. The molecule has 0 atom stereocenters. The third-order valence-electron chi connectivity index (χ3n) is 4.63. The van der Waals surface area contributed by atoms with Gasteiger partial charge in [-0.05, 0) is 25.0 Å². The number of piperidine rings is 1. The Balaban J connectivity index is 1.35. The molecule has 0 radical (unpaired) electrons. The number of carbonyl (C=O) groups is 2. The molecule has 0 spiro atoms. The number of hydrogen-bond acceptors (Lipinski definition) is 7. The van der Waals surface area contributed by atoms with E-state index in [-0.39, 0.29) is 24.1 Å². The molecule has 3 heterocycles. The Kier molecular flexibility index (Phi) is 5.23. The number of fused-ring (bicyclic) bond motifs is 1. The Bertz CT molecular complexity index is 1030. The molecule has 0 bridgehead atoms. The summed E-state index contributed by atoms with van der Waals surface area (Å²) in [5.74, 6) is -0.959. The predicted molar refractivity (Wildman–Crippen MR) is 108 cm³/mol. The molecule has 0 aliphatic carbocycles. The van der Waals surface area contributed by atoms with Gasteiger partial charge in [0.15, 0.2) is 10.3 Å². The highest BCUT2D eigenvalue weighted by atomic mass is 32.1. The van der Waals surface area contributed by atoms with Crippen LogP contribution < -0.4 is 16.0 Å². The average Bonchev–Trinajstić information content (AvgIpc) is 3.29. The first kappa shape index (κ1) is 18.8. The van der Waals surface area contributed by atoms with Gasteiger partial charge in [-0.25, -0.2) is 14.4 Å². The molecule has 10 heteroatoms. The summed E-state index contributed by atoms with van der Waals surface area (Å²) < 4.78 is 14.7. The highest BCUT2D eigenvalue weighted by molar-refractivity contribution is 7.22. The van der Waals surface area contributed by atoms with Gasteiger partial charge in [0.2, 0.25) is 11.8 Å². The van der Waals surface area contributed by atoms with E-state index in [2.05, 4.69) is 20.2 Å². The van der Waals surface area contributed by atoms with Gasteiger partial charge in [0.25, 0.3) is 0 Å². The number of nitrogens with one attached hydrogen (secondary N) is 1. The zero-order valence-corrected chi connectivity index (χ0v) is 16.5. The molecule has 2 amide bonds. The Morgan fingerprint density at radius 2 is 2.07 bits per heavy atom. The predicted octanol–water partition coefficient (Wildman–Crippen LogP) is 2.77. The lowest BCUT2D eigenvalue weighted by atomic mass is 9.96. The summed E-state index contributed by atoms with van der Waals surface area (Å²) in [6.45, 7) is 1.37. The van der Waals surface area contributed by atoms with Crippen LogP contribution in [-0.2, 0) is 16.0 Å². The zero-order valence-electron chi connectivity index (χ0n) is 14.9.